The van der Waals surface area contributed by atoms with Crippen molar-refractivity contribution in [1.82, 2.24) is 10.2 Å². The van der Waals surface area contributed by atoms with E-state index in [-0.39, 0.29) is 17.9 Å². The number of carbonyl (C=O) groups is 1. The Bertz CT molecular complexity index is 705. The fourth-order valence-electron chi connectivity index (χ4n) is 5.72. The van der Waals surface area contributed by atoms with Gasteiger partial charge in [-0.05, 0) is 62.8 Å². The molecule has 1 saturated carbocycles. The topological polar surface area (TPSA) is 52.6 Å². The van der Waals surface area contributed by atoms with Crippen molar-refractivity contribution in [2.45, 2.75) is 75.9 Å². The van der Waals surface area contributed by atoms with E-state index in [9.17, 15) is 9.90 Å². The molecular formula is C26H38N2O2. The Morgan fingerprint density at radius 3 is 2.47 bits per heavy atom. The molecule has 4 nitrogen and oxygen atoms in total. The van der Waals surface area contributed by atoms with Crippen molar-refractivity contribution >= 4 is 5.91 Å². The molecule has 1 aromatic rings. The summed E-state index contributed by atoms with van der Waals surface area (Å²) >= 11 is 0. The third-order valence-electron chi connectivity index (χ3n) is 7.56. The maximum atomic E-state index is 13.4. The van der Waals surface area contributed by atoms with Crippen LogP contribution >= 0.6 is 0 Å². The highest BCUT2D eigenvalue weighted by Crippen LogP contribution is 2.41. The highest BCUT2D eigenvalue weighted by Gasteiger charge is 2.46. The molecule has 2 aliphatic carbocycles. The van der Waals surface area contributed by atoms with E-state index in [1.165, 1.54) is 32.2 Å². The zero-order valence-electron chi connectivity index (χ0n) is 18.3. The van der Waals surface area contributed by atoms with Crippen LogP contribution in [0, 0.1) is 11.8 Å². The minimum Gasteiger partial charge on any atom is -0.375 e. The first kappa shape index (κ1) is 21.6. The van der Waals surface area contributed by atoms with E-state index in [2.05, 4.69) is 22.4 Å². The van der Waals surface area contributed by atoms with Crippen LogP contribution in [0.4, 0.5) is 0 Å². The Morgan fingerprint density at radius 1 is 1.00 bits per heavy atom. The van der Waals surface area contributed by atoms with Gasteiger partial charge in [0.2, 0.25) is 0 Å². The van der Waals surface area contributed by atoms with Crippen LogP contribution in [0.3, 0.4) is 0 Å². The summed E-state index contributed by atoms with van der Waals surface area (Å²) in [6.45, 7) is 3.26. The van der Waals surface area contributed by atoms with Crippen LogP contribution in [0.2, 0.25) is 0 Å². The van der Waals surface area contributed by atoms with Crippen LogP contribution in [0.5, 0.6) is 0 Å². The number of allylic oxidation sites excluding steroid dienone is 2. The molecule has 0 spiro atoms. The molecule has 2 unspecified atom stereocenters. The van der Waals surface area contributed by atoms with E-state index in [1.54, 1.807) is 0 Å². The number of likely N-dealkylation sites (tertiary alicyclic amines) is 1. The number of hydrogen-bond donors (Lipinski definition) is 2. The molecule has 2 N–H and O–H groups in total. The van der Waals surface area contributed by atoms with Gasteiger partial charge in [-0.15, -0.1) is 0 Å². The number of nitrogens with zero attached hydrogens (tertiary/aromatic N) is 1. The second-order valence-electron chi connectivity index (χ2n) is 9.67. The Balaban J connectivity index is 1.34. The minimum atomic E-state index is -1.40. The molecule has 1 aliphatic heterocycles. The minimum absolute atomic E-state index is 0.0169. The molecule has 1 heterocycles. The standard InChI is InChI=1S/C26H38N2O2/c29-25(26(30,23-14-8-9-15-23)22-12-6-3-7-13-22)27-24-16-18-28(19-17-24)20-21-10-4-1-2-5-11-21/h1,3-4,6-7,12-13,21,23-24,30H,2,5,8-11,14-20H2,(H,27,29). The Labute approximate surface area is 181 Å². The number of rotatable bonds is 6. The Kier molecular flexibility index (Phi) is 7.27. The smallest absolute Gasteiger partial charge is 0.257 e. The average molecular weight is 411 g/mol. The largest absolute Gasteiger partial charge is 0.375 e. The second kappa shape index (κ2) is 10.1. The van der Waals surface area contributed by atoms with Crippen molar-refractivity contribution in [3.05, 3.63) is 48.0 Å². The summed E-state index contributed by atoms with van der Waals surface area (Å²) in [5.41, 5.74) is -0.657. The molecule has 1 saturated heterocycles. The first-order valence-electron chi connectivity index (χ1n) is 12.1. The molecule has 1 aromatic carbocycles. The molecular weight excluding hydrogens is 372 g/mol. The summed E-state index contributed by atoms with van der Waals surface area (Å²) in [7, 11) is 0. The van der Waals surface area contributed by atoms with Gasteiger partial charge in [0.25, 0.3) is 5.91 Å². The first-order chi connectivity index (χ1) is 14.7. The van der Waals surface area contributed by atoms with Crippen LogP contribution in [0.1, 0.15) is 69.8 Å². The SMILES string of the molecule is O=C(NC1CCN(CC2CC=CCCC2)CC1)C(O)(c1ccccc1)C1CCCC1. The lowest BCUT2D eigenvalue weighted by Crippen LogP contribution is -2.54. The van der Waals surface area contributed by atoms with Crippen LogP contribution < -0.4 is 5.32 Å². The van der Waals surface area contributed by atoms with Gasteiger partial charge in [0, 0.05) is 31.6 Å². The molecule has 0 bridgehead atoms. The lowest BCUT2D eigenvalue weighted by molar-refractivity contribution is -0.148. The van der Waals surface area contributed by atoms with Gasteiger partial charge in [0.05, 0.1) is 0 Å². The maximum absolute atomic E-state index is 13.4. The average Bonchev–Trinajstić information content (AvgIpc) is 3.21. The zero-order chi connectivity index (χ0) is 20.8. The highest BCUT2D eigenvalue weighted by atomic mass is 16.3. The molecule has 0 aromatic heterocycles. The third-order valence-corrected chi connectivity index (χ3v) is 7.56. The van der Waals surface area contributed by atoms with E-state index < -0.39 is 5.60 Å². The van der Waals surface area contributed by atoms with Gasteiger partial charge in [0.1, 0.15) is 0 Å². The van der Waals surface area contributed by atoms with Crippen molar-refractivity contribution in [2.75, 3.05) is 19.6 Å². The normalized spacial score (nSPS) is 26.2. The number of nitrogens with one attached hydrogen (secondary N) is 1. The van der Waals surface area contributed by atoms with Gasteiger partial charge in [-0.25, -0.2) is 0 Å². The van der Waals surface area contributed by atoms with Gasteiger partial charge in [-0.2, -0.15) is 0 Å². The fraction of sp³-hybridized carbons (Fsp3) is 0.654. The maximum Gasteiger partial charge on any atom is 0.257 e. The molecule has 164 valence electrons. The monoisotopic (exact) mass is 410 g/mol. The number of amides is 1. The summed E-state index contributed by atoms with van der Waals surface area (Å²) in [6, 6.07) is 9.76. The second-order valence-corrected chi connectivity index (χ2v) is 9.67. The summed E-state index contributed by atoms with van der Waals surface area (Å²) in [6.07, 6.45) is 15.8. The van der Waals surface area contributed by atoms with E-state index in [1.807, 2.05) is 30.3 Å². The van der Waals surface area contributed by atoms with Gasteiger partial charge in [-0.3, -0.25) is 4.79 Å². The molecule has 2 atom stereocenters. The summed E-state index contributed by atoms with van der Waals surface area (Å²) in [5.74, 6) is 0.608. The van der Waals surface area contributed by atoms with Crippen molar-refractivity contribution in [3.63, 3.8) is 0 Å². The van der Waals surface area contributed by atoms with Gasteiger partial charge >= 0.3 is 0 Å². The quantitative estimate of drug-likeness (QED) is 0.684. The van der Waals surface area contributed by atoms with Gasteiger partial charge in [0.15, 0.2) is 5.60 Å². The van der Waals surface area contributed by atoms with Crippen molar-refractivity contribution in [3.8, 4) is 0 Å². The predicted octanol–water partition coefficient (Wildman–Crippen LogP) is 4.39. The van der Waals surface area contributed by atoms with Gasteiger partial charge in [-0.1, -0.05) is 55.3 Å². The van der Waals surface area contributed by atoms with Crippen LogP contribution in [0.15, 0.2) is 42.5 Å². The number of carbonyl (C=O) groups excluding carboxylic acids is 1. The Morgan fingerprint density at radius 2 is 1.73 bits per heavy atom. The molecule has 3 aliphatic rings. The van der Waals surface area contributed by atoms with E-state index in [0.29, 0.717) is 0 Å². The number of aliphatic hydroxyl groups is 1. The van der Waals surface area contributed by atoms with Crippen molar-refractivity contribution in [2.24, 2.45) is 11.8 Å². The lowest BCUT2D eigenvalue weighted by Gasteiger charge is -2.38. The number of piperidine rings is 1. The van der Waals surface area contributed by atoms with Crippen LogP contribution in [-0.2, 0) is 10.4 Å². The summed E-state index contributed by atoms with van der Waals surface area (Å²) in [4.78, 5) is 16.0. The highest BCUT2D eigenvalue weighted by molar-refractivity contribution is 5.87. The molecule has 1 amide bonds. The molecule has 30 heavy (non-hydrogen) atoms. The molecule has 4 rings (SSSR count). The molecule has 2 fully saturated rings. The summed E-state index contributed by atoms with van der Waals surface area (Å²) < 4.78 is 0. The molecule has 0 radical (unpaired) electrons. The van der Waals surface area contributed by atoms with Crippen LogP contribution in [0.25, 0.3) is 0 Å². The number of benzene rings is 1. The third kappa shape index (κ3) is 4.97. The van der Waals surface area contributed by atoms with E-state index >= 15 is 0 Å². The zero-order valence-corrected chi connectivity index (χ0v) is 18.3. The Hall–Kier alpha value is -1.65. The first-order valence-corrected chi connectivity index (χ1v) is 12.1. The van der Waals surface area contributed by atoms with Crippen molar-refractivity contribution < 1.29 is 9.90 Å². The van der Waals surface area contributed by atoms with Gasteiger partial charge < -0.3 is 15.3 Å². The predicted molar refractivity (Wildman–Crippen MR) is 121 cm³/mol. The van der Waals surface area contributed by atoms with E-state index in [0.717, 1.165) is 63.1 Å². The summed E-state index contributed by atoms with van der Waals surface area (Å²) in [5, 5.41) is 14.9. The lowest BCUT2D eigenvalue weighted by atomic mass is 9.79. The fourth-order valence-corrected chi connectivity index (χ4v) is 5.72. The van der Waals surface area contributed by atoms with E-state index in [4.69, 9.17) is 0 Å². The molecule has 4 heteroatoms. The number of hydrogen-bond acceptors (Lipinski definition) is 3. The van der Waals surface area contributed by atoms with Crippen molar-refractivity contribution in [1.29, 1.82) is 0 Å². The van der Waals surface area contributed by atoms with Crippen LogP contribution in [-0.4, -0.2) is 41.6 Å².